The van der Waals surface area contributed by atoms with Crippen molar-refractivity contribution in [2.24, 2.45) is 0 Å². The second kappa shape index (κ2) is 13.9. The molecule has 0 saturated carbocycles. The Morgan fingerprint density at radius 3 is 2.18 bits per heavy atom. The molecule has 4 aromatic carbocycles. The topological polar surface area (TPSA) is 91.3 Å². The van der Waals surface area contributed by atoms with E-state index in [0.717, 1.165) is 65.4 Å². The maximum atomic E-state index is 13.7. The van der Waals surface area contributed by atoms with Gasteiger partial charge < -0.3 is 19.5 Å². The molecule has 1 aliphatic rings. The van der Waals surface area contributed by atoms with Crippen LogP contribution in [-0.2, 0) is 11.2 Å². The fourth-order valence-corrected chi connectivity index (χ4v) is 6.05. The number of carbonyl (C=O) groups is 2. The minimum atomic E-state index is -1.10. The van der Waals surface area contributed by atoms with Crippen LogP contribution in [0, 0.1) is 6.92 Å². The largest absolute Gasteiger partial charge is 0.497 e. The molecular weight excluding hydrogens is 622 g/mol. The number of halogens is 1. The number of amides is 1. The van der Waals surface area contributed by atoms with Crippen LogP contribution in [0.4, 0.5) is 17.1 Å². The van der Waals surface area contributed by atoms with Gasteiger partial charge in [-0.1, -0.05) is 52.3 Å². The number of carboxylic acids is 1. The van der Waals surface area contributed by atoms with Crippen LogP contribution in [0.3, 0.4) is 0 Å². The molecule has 0 aromatic heterocycles. The first-order chi connectivity index (χ1) is 21.3. The molecule has 4 aromatic rings. The quantitative estimate of drug-likeness (QED) is 0.170. The van der Waals surface area contributed by atoms with Gasteiger partial charge in [-0.05, 0) is 90.9 Å². The van der Waals surface area contributed by atoms with E-state index in [2.05, 4.69) is 51.4 Å². The fraction of sp³-hybridized carbons (Fsp3) is 0.257. The number of methoxy groups -OCH3 is 2. The van der Waals surface area contributed by atoms with Crippen LogP contribution in [0.15, 0.2) is 83.3 Å². The first-order valence-electron chi connectivity index (χ1n) is 14.6. The molecule has 1 fully saturated rings. The molecule has 44 heavy (non-hydrogen) atoms. The van der Waals surface area contributed by atoms with E-state index in [0.29, 0.717) is 10.0 Å². The highest BCUT2D eigenvalue weighted by Gasteiger charge is 2.24. The summed E-state index contributed by atoms with van der Waals surface area (Å²) in [4.78, 5) is 27.8. The van der Waals surface area contributed by atoms with E-state index in [9.17, 15) is 14.7 Å². The van der Waals surface area contributed by atoms with E-state index in [-0.39, 0.29) is 23.6 Å². The number of aryl methyl sites for hydroxylation is 1. The summed E-state index contributed by atoms with van der Waals surface area (Å²) in [7, 11) is 3.06. The molecule has 1 aliphatic heterocycles. The first-order valence-corrected chi connectivity index (χ1v) is 15.4. The van der Waals surface area contributed by atoms with Crippen molar-refractivity contribution < 1.29 is 24.2 Å². The maximum absolute atomic E-state index is 13.7. The van der Waals surface area contributed by atoms with Crippen molar-refractivity contribution in [3.63, 3.8) is 0 Å². The van der Waals surface area contributed by atoms with E-state index in [1.807, 2.05) is 53.5 Å². The van der Waals surface area contributed by atoms with Crippen molar-refractivity contribution in [2.75, 3.05) is 37.2 Å². The lowest BCUT2D eigenvalue weighted by Gasteiger charge is -2.35. The van der Waals surface area contributed by atoms with Crippen molar-refractivity contribution in [1.29, 1.82) is 0 Å². The van der Waals surface area contributed by atoms with Gasteiger partial charge in [-0.2, -0.15) is 0 Å². The Hall–Kier alpha value is -4.50. The van der Waals surface area contributed by atoms with E-state index in [1.165, 1.54) is 19.6 Å². The van der Waals surface area contributed by atoms with Gasteiger partial charge in [-0.15, -0.1) is 0 Å². The molecule has 0 bridgehead atoms. The van der Waals surface area contributed by atoms with Crippen LogP contribution in [0.25, 0.3) is 11.1 Å². The number of anilines is 3. The summed E-state index contributed by atoms with van der Waals surface area (Å²) >= 11 is 3.45. The average Bonchev–Trinajstić information content (AvgIpc) is 3.05. The Morgan fingerprint density at radius 1 is 0.909 bits per heavy atom. The lowest BCUT2D eigenvalue weighted by molar-refractivity contribution is -0.120. The summed E-state index contributed by atoms with van der Waals surface area (Å²) < 4.78 is 11.1. The number of hydrogen-bond donors (Lipinski definition) is 2. The van der Waals surface area contributed by atoms with Crippen molar-refractivity contribution in [1.82, 2.24) is 5.43 Å². The van der Waals surface area contributed by atoms with Gasteiger partial charge in [-0.3, -0.25) is 15.2 Å². The van der Waals surface area contributed by atoms with Crippen molar-refractivity contribution in [2.45, 2.75) is 32.6 Å². The number of aromatic carboxylic acids is 1. The smallest absolute Gasteiger partial charge is 0.339 e. The normalized spacial score (nSPS) is 12.9. The van der Waals surface area contributed by atoms with Crippen molar-refractivity contribution >= 4 is 44.9 Å². The number of benzene rings is 4. The lowest BCUT2D eigenvalue weighted by atomic mass is 10.0. The molecule has 5 rings (SSSR count). The zero-order valence-electron chi connectivity index (χ0n) is 25.1. The molecule has 1 heterocycles. The third-order valence-corrected chi connectivity index (χ3v) is 8.61. The minimum absolute atomic E-state index is 0.00219. The van der Waals surface area contributed by atoms with Gasteiger partial charge >= 0.3 is 5.97 Å². The summed E-state index contributed by atoms with van der Waals surface area (Å²) in [6.45, 7) is 3.97. The molecule has 0 spiro atoms. The van der Waals surface area contributed by atoms with Gasteiger partial charge in [0.1, 0.15) is 17.1 Å². The number of para-hydroxylation sites is 1. The van der Waals surface area contributed by atoms with Gasteiger partial charge in [-0.25, -0.2) is 4.79 Å². The Kier molecular flexibility index (Phi) is 9.75. The highest BCUT2D eigenvalue weighted by molar-refractivity contribution is 9.10. The van der Waals surface area contributed by atoms with Gasteiger partial charge in [0, 0.05) is 17.6 Å². The van der Waals surface area contributed by atoms with Crippen LogP contribution in [0.5, 0.6) is 11.5 Å². The number of hydrazine groups is 1. The lowest BCUT2D eigenvalue weighted by Crippen LogP contribution is -2.41. The predicted octanol–water partition coefficient (Wildman–Crippen LogP) is 7.54. The third kappa shape index (κ3) is 6.83. The first kappa shape index (κ1) is 30.9. The second-order valence-electron chi connectivity index (χ2n) is 10.8. The molecule has 9 heteroatoms. The van der Waals surface area contributed by atoms with Gasteiger partial charge in [0.2, 0.25) is 5.91 Å². The molecule has 0 unspecified atom stereocenters. The molecule has 0 atom stereocenters. The van der Waals surface area contributed by atoms with Crippen LogP contribution in [-0.4, -0.2) is 44.3 Å². The Balaban J connectivity index is 1.51. The molecule has 1 saturated heterocycles. The highest BCUT2D eigenvalue weighted by Crippen LogP contribution is 2.38. The maximum Gasteiger partial charge on any atom is 0.339 e. The summed E-state index contributed by atoms with van der Waals surface area (Å²) in [6, 6.07) is 25.3. The van der Waals surface area contributed by atoms with Crippen molar-refractivity contribution in [3.05, 3.63) is 100 Å². The van der Waals surface area contributed by atoms with E-state index in [1.54, 1.807) is 13.2 Å². The summed E-state index contributed by atoms with van der Waals surface area (Å²) in [5, 5.41) is 11.4. The monoisotopic (exact) mass is 657 g/mol. The fourth-order valence-electron chi connectivity index (χ4n) is 5.56. The highest BCUT2D eigenvalue weighted by atomic mass is 79.9. The number of nitrogens with one attached hydrogen (secondary N) is 1. The van der Waals surface area contributed by atoms with Gasteiger partial charge in [0.15, 0.2) is 0 Å². The Bertz CT molecular complexity index is 1630. The van der Waals surface area contributed by atoms with Crippen LogP contribution in [0.2, 0.25) is 0 Å². The minimum Gasteiger partial charge on any atom is -0.497 e. The molecule has 1 amide bonds. The number of rotatable bonds is 10. The van der Waals surface area contributed by atoms with E-state index < -0.39 is 5.97 Å². The SMILES string of the molecule is COc1ccc(-c2ccc(N(NC(=O)Cc3cc(OC)c(C(=O)O)cc3Br)c3c(C)cccc3N3CCCCC3)cc2)cc1. The van der Waals surface area contributed by atoms with Gasteiger partial charge in [0.05, 0.1) is 37.7 Å². The van der Waals surface area contributed by atoms with Crippen molar-refractivity contribution in [3.8, 4) is 22.6 Å². The Morgan fingerprint density at radius 2 is 1.57 bits per heavy atom. The number of piperidine rings is 1. The zero-order valence-corrected chi connectivity index (χ0v) is 26.7. The van der Waals surface area contributed by atoms with Crippen LogP contribution < -0.4 is 24.8 Å². The molecular formula is C35H36BrN3O5. The Labute approximate surface area is 266 Å². The zero-order chi connectivity index (χ0) is 31.2. The standard InChI is InChI=1S/C35H36BrN3O5/c1-23-8-7-9-31(38-18-5-4-6-19-38)34(23)39(27-14-10-24(11-15-27)25-12-16-28(43-2)17-13-25)37-33(40)21-26-20-32(44-3)29(35(41)42)22-30(26)36/h7-17,20,22H,4-6,18-19,21H2,1-3H3,(H,37,40)(H,41,42). The number of hydrogen-bond acceptors (Lipinski definition) is 6. The van der Waals surface area contributed by atoms with E-state index in [4.69, 9.17) is 9.47 Å². The molecule has 0 aliphatic carbocycles. The molecule has 8 nitrogen and oxygen atoms in total. The number of nitrogens with zero attached hydrogens (tertiary/aromatic N) is 2. The van der Waals surface area contributed by atoms with Crippen LogP contribution in [0.1, 0.15) is 40.7 Å². The number of ether oxygens (including phenoxy) is 2. The number of carboxylic acid groups (broad SMARTS) is 1. The van der Waals surface area contributed by atoms with E-state index >= 15 is 0 Å². The third-order valence-electron chi connectivity index (χ3n) is 7.87. The second-order valence-corrected chi connectivity index (χ2v) is 11.6. The molecule has 228 valence electrons. The molecule has 0 radical (unpaired) electrons. The predicted molar refractivity (Wildman–Crippen MR) is 177 cm³/mol. The summed E-state index contributed by atoms with van der Waals surface area (Å²) in [6.07, 6.45) is 3.46. The van der Waals surface area contributed by atoms with Gasteiger partial charge in [0.25, 0.3) is 0 Å². The summed E-state index contributed by atoms with van der Waals surface area (Å²) in [5.41, 5.74) is 9.72. The number of carbonyl (C=O) groups excluding carboxylic acids is 1. The molecule has 2 N–H and O–H groups in total. The summed E-state index contributed by atoms with van der Waals surface area (Å²) in [5.74, 6) is -0.373. The average molecular weight is 659 g/mol. The van der Waals surface area contributed by atoms with Crippen LogP contribution >= 0.6 is 15.9 Å².